The van der Waals surface area contributed by atoms with E-state index in [0.29, 0.717) is 35.9 Å². The highest BCUT2D eigenvalue weighted by molar-refractivity contribution is 6.09. The molecule has 32 heavy (non-hydrogen) atoms. The number of nitrogens with zero attached hydrogens (tertiary/aromatic N) is 1. The molecule has 164 valence electrons. The highest BCUT2D eigenvalue weighted by atomic mass is 16.5. The van der Waals surface area contributed by atoms with E-state index in [9.17, 15) is 9.59 Å². The zero-order valence-corrected chi connectivity index (χ0v) is 18.4. The van der Waals surface area contributed by atoms with Gasteiger partial charge in [0.15, 0.2) is 0 Å². The van der Waals surface area contributed by atoms with E-state index in [1.165, 1.54) is 0 Å². The Balaban J connectivity index is 1.88. The van der Waals surface area contributed by atoms with E-state index in [4.69, 9.17) is 14.5 Å². The predicted octanol–water partition coefficient (Wildman–Crippen LogP) is 5.54. The lowest BCUT2D eigenvalue weighted by Crippen LogP contribution is -2.14. The normalized spacial score (nSPS) is 11.0. The summed E-state index contributed by atoms with van der Waals surface area (Å²) in [5, 5.41) is 3.33. The summed E-state index contributed by atoms with van der Waals surface area (Å²) in [6.45, 7) is 6.23. The Bertz CT molecular complexity index is 1090. The molecule has 0 amide bonds. The molecular weight excluding hydrogens is 404 g/mol. The molecule has 0 fully saturated rings. The minimum Gasteiger partial charge on any atom is -0.462 e. The minimum atomic E-state index is -0.360. The number of carbonyl (C=O) groups excluding carboxylic acids is 2. The second-order valence-electron chi connectivity index (χ2n) is 7.02. The van der Waals surface area contributed by atoms with Crippen molar-refractivity contribution >= 4 is 29.1 Å². The van der Waals surface area contributed by atoms with Gasteiger partial charge in [-0.2, -0.15) is 0 Å². The van der Waals surface area contributed by atoms with Crippen LogP contribution in [-0.4, -0.2) is 31.0 Å². The number of esters is 2. The van der Waals surface area contributed by atoms with Crippen molar-refractivity contribution in [3.8, 4) is 0 Å². The molecule has 3 rings (SSSR count). The number of rotatable bonds is 7. The van der Waals surface area contributed by atoms with Crippen molar-refractivity contribution in [2.24, 2.45) is 4.99 Å². The van der Waals surface area contributed by atoms with Crippen molar-refractivity contribution in [2.75, 3.05) is 18.5 Å². The van der Waals surface area contributed by atoms with Crippen molar-refractivity contribution in [1.82, 2.24) is 0 Å². The number of amidine groups is 1. The van der Waals surface area contributed by atoms with E-state index in [1.807, 2.05) is 31.2 Å². The lowest BCUT2D eigenvalue weighted by Gasteiger charge is -2.12. The molecule has 0 aromatic heterocycles. The van der Waals surface area contributed by atoms with Crippen molar-refractivity contribution in [3.05, 3.63) is 95.1 Å². The average molecular weight is 431 g/mol. The van der Waals surface area contributed by atoms with Gasteiger partial charge in [0.05, 0.1) is 30.0 Å². The first-order valence-electron chi connectivity index (χ1n) is 10.5. The zero-order chi connectivity index (χ0) is 22.9. The van der Waals surface area contributed by atoms with Crippen LogP contribution in [0, 0.1) is 6.92 Å². The van der Waals surface area contributed by atoms with Gasteiger partial charge in [-0.05, 0) is 69.3 Å². The predicted molar refractivity (Wildman–Crippen MR) is 126 cm³/mol. The number of nitrogens with one attached hydrogen (secondary N) is 1. The maximum absolute atomic E-state index is 11.9. The van der Waals surface area contributed by atoms with Crippen LogP contribution in [0.3, 0.4) is 0 Å². The first-order chi connectivity index (χ1) is 15.5. The maximum Gasteiger partial charge on any atom is 0.338 e. The van der Waals surface area contributed by atoms with Gasteiger partial charge in [-0.1, -0.05) is 29.8 Å². The summed E-state index contributed by atoms with van der Waals surface area (Å²) in [5.41, 5.74) is 4.47. The van der Waals surface area contributed by atoms with Crippen LogP contribution in [0.5, 0.6) is 0 Å². The van der Waals surface area contributed by atoms with Crippen LogP contribution in [0.4, 0.5) is 11.4 Å². The second-order valence-corrected chi connectivity index (χ2v) is 7.02. The second kappa shape index (κ2) is 10.9. The molecule has 0 saturated carbocycles. The molecule has 0 aliphatic carbocycles. The smallest absolute Gasteiger partial charge is 0.338 e. The molecule has 0 saturated heterocycles. The average Bonchev–Trinajstić information content (AvgIpc) is 2.80. The summed E-state index contributed by atoms with van der Waals surface area (Å²) in [4.78, 5) is 28.5. The van der Waals surface area contributed by atoms with Crippen LogP contribution in [0.2, 0.25) is 0 Å². The van der Waals surface area contributed by atoms with E-state index in [1.54, 1.807) is 62.4 Å². The highest BCUT2D eigenvalue weighted by Crippen LogP contribution is 2.19. The third-order valence-electron chi connectivity index (χ3n) is 4.60. The first kappa shape index (κ1) is 22.7. The van der Waals surface area contributed by atoms with Crippen LogP contribution in [0.25, 0.3) is 0 Å². The van der Waals surface area contributed by atoms with E-state index >= 15 is 0 Å². The van der Waals surface area contributed by atoms with Gasteiger partial charge in [0.25, 0.3) is 0 Å². The van der Waals surface area contributed by atoms with Gasteiger partial charge in [-0.3, -0.25) is 0 Å². The van der Waals surface area contributed by atoms with Gasteiger partial charge in [-0.25, -0.2) is 14.6 Å². The van der Waals surface area contributed by atoms with Gasteiger partial charge < -0.3 is 14.8 Å². The molecular formula is C26H26N2O4. The number of benzene rings is 3. The zero-order valence-electron chi connectivity index (χ0n) is 18.4. The van der Waals surface area contributed by atoms with Crippen LogP contribution in [-0.2, 0) is 9.47 Å². The standard InChI is InChI=1S/C26H26N2O4/c1-4-31-25(29)20-10-14-22(15-11-20)27-24(19-8-6-18(3)7-9-19)28-23-16-12-21(13-17-23)26(30)32-5-2/h6-17H,4-5H2,1-3H3,(H,27,28). The van der Waals surface area contributed by atoms with Crippen LogP contribution >= 0.6 is 0 Å². The largest absolute Gasteiger partial charge is 0.462 e. The maximum atomic E-state index is 11.9. The molecule has 0 atom stereocenters. The summed E-state index contributed by atoms with van der Waals surface area (Å²) < 4.78 is 10.1. The highest BCUT2D eigenvalue weighted by Gasteiger charge is 2.10. The molecule has 0 aliphatic rings. The summed E-state index contributed by atoms with van der Waals surface area (Å²) in [5.74, 6) is -0.0764. The monoisotopic (exact) mass is 430 g/mol. The fourth-order valence-corrected chi connectivity index (χ4v) is 2.93. The number of carbonyl (C=O) groups is 2. The minimum absolute atomic E-state index is 0.329. The Hall–Kier alpha value is -3.93. The summed E-state index contributed by atoms with van der Waals surface area (Å²) in [7, 11) is 0. The molecule has 3 aromatic carbocycles. The Labute approximate surface area is 187 Å². The Kier molecular flexibility index (Phi) is 7.75. The van der Waals surface area contributed by atoms with Crippen LogP contribution < -0.4 is 5.32 Å². The number of hydrogen-bond acceptors (Lipinski definition) is 5. The fourth-order valence-electron chi connectivity index (χ4n) is 2.93. The number of aryl methyl sites for hydroxylation is 1. The number of aliphatic imine (C=N–C) groups is 1. The van der Waals surface area contributed by atoms with Gasteiger partial charge >= 0.3 is 11.9 Å². The topological polar surface area (TPSA) is 77.0 Å². The molecule has 6 heteroatoms. The molecule has 0 spiro atoms. The molecule has 3 aromatic rings. The molecule has 0 bridgehead atoms. The summed E-state index contributed by atoms with van der Waals surface area (Å²) in [6.07, 6.45) is 0. The van der Waals surface area contributed by atoms with E-state index in [0.717, 1.165) is 16.8 Å². The quantitative estimate of drug-likeness (QED) is 0.303. The molecule has 0 unspecified atom stereocenters. The van der Waals surface area contributed by atoms with Crippen LogP contribution in [0.1, 0.15) is 45.7 Å². The van der Waals surface area contributed by atoms with Gasteiger partial charge in [0.1, 0.15) is 5.84 Å². The van der Waals surface area contributed by atoms with Crippen LogP contribution in [0.15, 0.2) is 77.8 Å². The summed E-state index contributed by atoms with van der Waals surface area (Å²) in [6, 6.07) is 22.0. The molecule has 0 aliphatic heterocycles. The van der Waals surface area contributed by atoms with Gasteiger partial charge in [-0.15, -0.1) is 0 Å². The molecule has 0 radical (unpaired) electrons. The van der Waals surface area contributed by atoms with Crippen molar-refractivity contribution < 1.29 is 19.1 Å². The summed E-state index contributed by atoms with van der Waals surface area (Å²) >= 11 is 0. The van der Waals surface area contributed by atoms with E-state index in [-0.39, 0.29) is 11.9 Å². The van der Waals surface area contributed by atoms with E-state index in [2.05, 4.69) is 5.32 Å². The lowest BCUT2D eigenvalue weighted by molar-refractivity contribution is 0.0517. The molecule has 6 nitrogen and oxygen atoms in total. The van der Waals surface area contributed by atoms with E-state index < -0.39 is 0 Å². The number of hydrogen-bond donors (Lipinski definition) is 1. The fraction of sp³-hybridized carbons (Fsp3) is 0.192. The SMILES string of the molecule is CCOC(=O)c1ccc(/N=C(/Nc2ccc(C(=O)OCC)cc2)c2ccc(C)cc2)cc1. The Morgan fingerprint density at radius 3 is 1.69 bits per heavy atom. The van der Waals surface area contributed by atoms with Crippen molar-refractivity contribution in [2.45, 2.75) is 20.8 Å². The molecule has 0 heterocycles. The third-order valence-corrected chi connectivity index (χ3v) is 4.60. The van der Waals surface area contributed by atoms with Crippen molar-refractivity contribution in [3.63, 3.8) is 0 Å². The Morgan fingerprint density at radius 1 is 0.719 bits per heavy atom. The van der Waals surface area contributed by atoms with Gasteiger partial charge in [0.2, 0.25) is 0 Å². The lowest BCUT2D eigenvalue weighted by atomic mass is 10.1. The first-order valence-corrected chi connectivity index (χ1v) is 10.5. The van der Waals surface area contributed by atoms with Gasteiger partial charge in [0, 0.05) is 11.3 Å². The Morgan fingerprint density at radius 2 is 1.19 bits per heavy atom. The molecule has 1 N–H and O–H groups in total. The number of ether oxygens (including phenoxy) is 2. The third kappa shape index (κ3) is 6.04. The number of anilines is 1. The van der Waals surface area contributed by atoms with Crippen molar-refractivity contribution in [1.29, 1.82) is 0 Å².